The molecule has 2 saturated heterocycles. The molecule has 5 heteroatoms. The minimum absolute atomic E-state index is 0.175. The summed E-state index contributed by atoms with van der Waals surface area (Å²) < 4.78 is 24.4. The lowest BCUT2D eigenvalue weighted by Gasteiger charge is -2.32. The quantitative estimate of drug-likeness (QED) is 0.782. The number of benzene rings is 1. The molecule has 24 heavy (non-hydrogen) atoms. The maximum Gasteiger partial charge on any atom is 0.494 e. The van der Waals surface area contributed by atoms with Gasteiger partial charge in [-0.1, -0.05) is 12.1 Å². The summed E-state index contributed by atoms with van der Waals surface area (Å²) in [5.41, 5.74) is 1.65. The molecule has 3 aliphatic heterocycles. The van der Waals surface area contributed by atoms with Crippen molar-refractivity contribution in [1.29, 1.82) is 0 Å². The Labute approximate surface area is 145 Å². The van der Waals surface area contributed by atoms with Crippen molar-refractivity contribution in [1.82, 2.24) is 0 Å². The van der Waals surface area contributed by atoms with Gasteiger partial charge in [0.1, 0.15) is 11.9 Å². The molecule has 0 spiro atoms. The van der Waals surface area contributed by atoms with Crippen LogP contribution in [-0.2, 0) is 20.5 Å². The lowest BCUT2D eigenvalue weighted by molar-refractivity contribution is 0.00285. The van der Waals surface area contributed by atoms with E-state index in [-0.39, 0.29) is 30.5 Å². The zero-order valence-electron chi connectivity index (χ0n) is 15.1. The van der Waals surface area contributed by atoms with Gasteiger partial charge in [0.2, 0.25) is 0 Å². The Bertz CT molecular complexity index is 606. The van der Waals surface area contributed by atoms with E-state index in [4.69, 9.17) is 18.8 Å². The van der Waals surface area contributed by atoms with Gasteiger partial charge in [-0.15, -0.1) is 0 Å². The van der Waals surface area contributed by atoms with Crippen LogP contribution in [0.4, 0.5) is 0 Å². The first-order valence-corrected chi connectivity index (χ1v) is 9.12. The molecular formula is C19H27BO4. The molecule has 3 aliphatic rings. The summed E-state index contributed by atoms with van der Waals surface area (Å²) in [7, 11) is -0.341. The average molecular weight is 330 g/mol. The van der Waals surface area contributed by atoms with Crippen LogP contribution in [0.1, 0.15) is 52.5 Å². The van der Waals surface area contributed by atoms with E-state index in [0.29, 0.717) is 0 Å². The van der Waals surface area contributed by atoms with Crippen LogP contribution in [0, 0.1) is 0 Å². The largest absolute Gasteiger partial charge is 0.494 e. The number of fused-ring (bicyclic) bond motifs is 1. The Morgan fingerprint density at radius 3 is 2.42 bits per heavy atom. The van der Waals surface area contributed by atoms with Crippen LogP contribution in [-0.4, -0.2) is 37.1 Å². The van der Waals surface area contributed by atoms with Gasteiger partial charge in [-0.2, -0.15) is 0 Å². The van der Waals surface area contributed by atoms with Gasteiger partial charge in [-0.25, -0.2) is 0 Å². The van der Waals surface area contributed by atoms with Crippen LogP contribution >= 0.6 is 0 Å². The second-order valence-corrected chi connectivity index (χ2v) is 8.20. The summed E-state index contributed by atoms with van der Waals surface area (Å²) >= 11 is 0. The lowest BCUT2D eigenvalue weighted by Crippen LogP contribution is -2.41. The minimum atomic E-state index is -0.341. The Hall–Kier alpha value is -1.04. The normalized spacial score (nSPS) is 30.9. The molecule has 1 aromatic carbocycles. The van der Waals surface area contributed by atoms with Crippen LogP contribution in [0.2, 0.25) is 0 Å². The fourth-order valence-corrected chi connectivity index (χ4v) is 3.69. The zero-order chi connectivity index (χ0) is 16.9. The predicted molar refractivity (Wildman–Crippen MR) is 93.9 cm³/mol. The van der Waals surface area contributed by atoms with Crippen molar-refractivity contribution in [3.8, 4) is 5.75 Å². The molecule has 0 saturated carbocycles. The smallest absolute Gasteiger partial charge is 0.487 e. The molecule has 0 bridgehead atoms. The molecule has 3 heterocycles. The third kappa shape index (κ3) is 2.77. The Morgan fingerprint density at radius 1 is 1.00 bits per heavy atom. The monoisotopic (exact) mass is 330 g/mol. The number of ether oxygens (including phenoxy) is 2. The Kier molecular flexibility index (Phi) is 3.94. The maximum absolute atomic E-state index is 6.28. The molecule has 0 N–H and O–H groups in total. The molecule has 2 fully saturated rings. The molecule has 0 amide bonds. The molecule has 0 aromatic heterocycles. The highest BCUT2D eigenvalue weighted by Gasteiger charge is 2.51. The summed E-state index contributed by atoms with van der Waals surface area (Å²) in [6.07, 6.45) is 4.76. The number of rotatable bonds is 2. The summed E-state index contributed by atoms with van der Waals surface area (Å²) in [6.45, 7) is 9.18. The van der Waals surface area contributed by atoms with Gasteiger partial charge >= 0.3 is 7.12 Å². The van der Waals surface area contributed by atoms with Gasteiger partial charge < -0.3 is 18.8 Å². The van der Waals surface area contributed by atoms with E-state index in [9.17, 15) is 0 Å². The van der Waals surface area contributed by atoms with E-state index in [2.05, 4.69) is 45.9 Å². The van der Waals surface area contributed by atoms with Crippen molar-refractivity contribution >= 4 is 12.6 Å². The number of hydrogen-bond acceptors (Lipinski definition) is 4. The summed E-state index contributed by atoms with van der Waals surface area (Å²) in [5.74, 6) is 0.967. The van der Waals surface area contributed by atoms with Crippen molar-refractivity contribution in [3.05, 3.63) is 23.8 Å². The Balaban J connectivity index is 1.54. The third-order valence-electron chi connectivity index (χ3n) is 5.97. The van der Waals surface area contributed by atoms with Crippen LogP contribution in [0.3, 0.4) is 0 Å². The highest BCUT2D eigenvalue weighted by atomic mass is 16.7. The fraction of sp³-hybridized carbons (Fsp3) is 0.684. The maximum atomic E-state index is 6.28. The first-order valence-electron chi connectivity index (χ1n) is 9.12. The highest BCUT2D eigenvalue weighted by molar-refractivity contribution is 6.62. The molecule has 4 rings (SSSR count). The van der Waals surface area contributed by atoms with Crippen molar-refractivity contribution in [2.45, 2.75) is 76.8 Å². The summed E-state index contributed by atoms with van der Waals surface area (Å²) in [5, 5.41) is 0. The molecular weight excluding hydrogens is 303 g/mol. The van der Waals surface area contributed by atoms with Gasteiger partial charge in [0.05, 0.1) is 17.3 Å². The third-order valence-corrected chi connectivity index (χ3v) is 5.97. The average Bonchev–Trinajstić information content (AvgIpc) is 3.13. The van der Waals surface area contributed by atoms with E-state index in [1.165, 1.54) is 5.56 Å². The van der Waals surface area contributed by atoms with Gasteiger partial charge in [0, 0.05) is 6.61 Å². The van der Waals surface area contributed by atoms with Gasteiger partial charge in [-0.05, 0) is 70.5 Å². The second-order valence-electron chi connectivity index (χ2n) is 8.20. The molecule has 1 aromatic rings. The Morgan fingerprint density at radius 2 is 1.75 bits per heavy atom. The van der Waals surface area contributed by atoms with Gasteiger partial charge in [0.15, 0.2) is 0 Å². The van der Waals surface area contributed by atoms with Crippen molar-refractivity contribution < 1.29 is 18.8 Å². The predicted octanol–water partition coefficient (Wildman–Crippen LogP) is 2.86. The summed E-state index contributed by atoms with van der Waals surface area (Å²) in [4.78, 5) is 0. The zero-order valence-corrected chi connectivity index (χ0v) is 15.1. The molecule has 130 valence electrons. The molecule has 0 aliphatic carbocycles. The van der Waals surface area contributed by atoms with Crippen molar-refractivity contribution in [3.63, 3.8) is 0 Å². The number of hydrogen-bond donors (Lipinski definition) is 0. The van der Waals surface area contributed by atoms with Gasteiger partial charge in [0.25, 0.3) is 0 Å². The first-order chi connectivity index (χ1) is 11.4. The van der Waals surface area contributed by atoms with Gasteiger partial charge in [-0.3, -0.25) is 0 Å². The lowest BCUT2D eigenvalue weighted by atomic mass is 9.78. The van der Waals surface area contributed by atoms with Crippen molar-refractivity contribution in [2.75, 3.05) is 6.61 Å². The summed E-state index contributed by atoms with van der Waals surface area (Å²) in [6, 6.07) is 6.36. The fourth-order valence-electron chi connectivity index (χ4n) is 3.69. The first kappa shape index (κ1) is 16.4. The topological polar surface area (TPSA) is 36.9 Å². The van der Waals surface area contributed by atoms with E-state index in [0.717, 1.165) is 43.5 Å². The van der Waals surface area contributed by atoms with E-state index in [1.54, 1.807) is 0 Å². The van der Waals surface area contributed by atoms with E-state index >= 15 is 0 Å². The van der Waals surface area contributed by atoms with Crippen LogP contribution in [0.15, 0.2) is 18.2 Å². The van der Waals surface area contributed by atoms with E-state index in [1.807, 2.05) is 0 Å². The van der Waals surface area contributed by atoms with Crippen LogP contribution in [0.25, 0.3) is 0 Å². The van der Waals surface area contributed by atoms with Crippen molar-refractivity contribution in [2.24, 2.45) is 0 Å². The minimum Gasteiger partial charge on any atom is -0.487 e. The molecule has 2 unspecified atom stereocenters. The molecule has 4 nitrogen and oxygen atoms in total. The number of aryl methyl sites for hydroxylation is 1. The van der Waals surface area contributed by atoms with Crippen LogP contribution < -0.4 is 10.2 Å². The molecule has 2 atom stereocenters. The van der Waals surface area contributed by atoms with E-state index < -0.39 is 0 Å². The standard InChI is InChI=1S/C19H27BO4/c1-18(2)19(3,4)24-20(23-18)14-9-7-13-8-10-16(22-17(13)12-14)15-6-5-11-21-15/h7,9,12,15-16H,5-6,8,10-11H2,1-4H3. The highest BCUT2D eigenvalue weighted by Crippen LogP contribution is 2.37. The second kappa shape index (κ2) is 5.75. The molecule has 0 radical (unpaired) electrons. The van der Waals surface area contributed by atoms with Crippen LogP contribution in [0.5, 0.6) is 5.75 Å². The SMILES string of the molecule is CC1(C)OB(c2ccc3c(c2)OC(C2CCCO2)CC3)OC1(C)C.